The topological polar surface area (TPSA) is 50.4 Å². The molecule has 0 bridgehead atoms. The highest BCUT2D eigenvalue weighted by atomic mass is 35.5. The molecular formula is C17H17ClN2O2. The Kier molecular flexibility index (Phi) is 4.61. The van der Waals surface area contributed by atoms with Crippen molar-refractivity contribution >= 4 is 23.1 Å². The van der Waals surface area contributed by atoms with E-state index in [-0.39, 0.29) is 12.3 Å². The van der Waals surface area contributed by atoms with Crippen molar-refractivity contribution < 1.29 is 9.53 Å². The number of carbonyl (C=O) groups is 1. The Morgan fingerprint density at radius 3 is 3.00 bits per heavy atom. The summed E-state index contributed by atoms with van der Waals surface area (Å²) in [6, 6.07) is 13.1. The van der Waals surface area contributed by atoms with Gasteiger partial charge in [0.25, 0.3) is 0 Å². The highest BCUT2D eigenvalue weighted by Crippen LogP contribution is 2.28. The first-order chi connectivity index (χ1) is 10.7. The van der Waals surface area contributed by atoms with Gasteiger partial charge in [-0.15, -0.1) is 0 Å². The van der Waals surface area contributed by atoms with E-state index in [1.807, 2.05) is 36.4 Å². The standard InChI is InChI=1S/C17H17ClN2O2/c18-14-4-2-1-3-13(14)10-19-11-16(21)12-5-6-17-15(9-12)20-7-8-22-17/h1-6,9,19-20H,7-8,10-11H2. The van der Waals surface area contributed by atoms with Crippen LogP contribution >= 0.6 is 11.6 Å². The van der Waals surface area contributed by atoms with E-state index in [9.17, 15) is 4.79 Å². The molecule has 0 aromatic heterocycles. The first-order valence-electron chi connectivity index (χ1n) is 7.22. The highest BCUT2D eigenvalue weighted by Gasteiger charge is 2.13. The van der Waals surface area contributed by atoms with E-state index >= 15 is 0 Å². The zero-order valence-electron chi connectivity index (χ0n) is 12.1. The summed E-state index contributed by atoms with van der Waals surface area (Å²) in [6.07, 6.45) is 0. The maximum Gasteiger partial charge on any atom is 0.176 e. The van der Waals surface area contributed by atoms with Crippen molar-refractivity contribution in [3.05, 3.63) is 58.6 Å². The summed E-state index contributed by atoms with van der Waals surface area (Å²) in [5, 5.41) is 7.07. The average Bonchev–Trinajstić information content (AvgIpc) is 2.56. The molecule has 1 aliphatic heterocycles. The summed E-state index contributed by atoms with van der Waals surface area (Å²) >= 11 is 6.09. The second-order valence-corrected chi connectivity index (χ2v) is 5.51. The molecule has 2 N–H and O–H groups in total. The lowest BCUT2D eigenvalue weighted by Crippen LogP contribution is -2.23. The number of rotatable bonds is 5. The molecular weight excluding hydrogens is 300 g/mol. The Morgan fingerprint density at radius 1 is 1.27 bits per heavy atom. The van der Waals surface area contributed by atoms with Gasteiger partial charge in [-0.2, -0.15) is 0 Å². The van der Waals surface area contributed by atoms with Crippen molar-refractivity contribution in [3.8, 4) is 5.75 Å². The number of hydrogen-bond acceptors (Lipinski definition) is 4. The Labute approximate surface area is 134 Å². The van der Waals surface area contributed by atoms with Crippen molar-refractivity contribution in [2.75, 3.05) is 25.0 Å². The number of Topliss-reactive ketones (excluding diaryl/α,β-unsaturated/α-hetero) is 1. The van der Waals surface area contributed by atoms with E-state index in [1.165, 1.54) is 0 Å². The van der Waals surface area contributed by atoms with Gasteiger partial charge < -0.3 is 15.4 Å². The summed E-state index contributed by atoms with van der Waals surface area (Å²) in [6.45, 7) is 2.25. The van der Waals surface area contributed by atoms with Gasteiger partial charge in [0.15, 0.2) is 5.78 Å². The number of hydrogen-bond donors (Lipinski definition) is 2. The van der Waals surface area contributed by atoms with E-state index in [4.69, 9.17) is 16.3 Å². The van der Waals surface area contributed by atoms with E-state index in [0.29, 0.717) is 23.7 Å². The third kappa shape index (κ3) is 3.40. The molecule has 0 aliphatic carbocycles. The van der Waals surface area contributed by atoms with Crippen molar-refractivity contribution in [2.24, 2.45) is 0 Å². The minimum Gasteiger partial charge on any atom is -0.490 e. The van der Waals surface area contributed by atoms with Gasteiger partial charge >= 0.3 is 0 Å². The zero-order chi connectivity index (χ0) is 15.4. The number of carbonyl (C=O) groups excluding carboxylic acids is 1. The number of benzene rings is 2. The molecule has 2 aromatic carbocycles. The predicted octanol–water partition coefficient (Wildman–Crippen LogP) is 3.12. The highest BCUT2D eigenvalue weighted by molar-refractivity contribution is 6.31. The van der Waals surface area contributed by atoms with Crippen LogP contribution in [0.5, 0.6) is 5.75 Å². The minimum absolute atomic E-state index is 0.0437. The lowest BCUT2D eigenvalue weighted by Gasteiger charge is -2.19. The molecule has 0 atom stereocenters. The van der Waals surface area contributed by atoms with E-state index in [0.717, 1.165) is 23.5 Å². The van der Waals surface area contributed by atoms with Crippen LogP contribution in [0.15, 0.2) is 42.5 Å². The van der Waals surface area contributed by atoms with Gasteiger partial charge in [-0.3, -0.25) is 4.79 Å². The molecule has 5 heteroatoms. The molecule has 0 saturated carbocycles. The minimum atomic E-state index is 0.0437. The first kappa shape index (κ1) is 14.9. The van der Waals surface area contributed by atoms with Crippen LogP contribution in [0.1, 0.15) is 15.9 Å². The van der Waals surface area contributed by atoms with Crippen LogP contribution in [-0.4, -0.2) is 25.5 Å². The first-order valence-corrected chi connectivity index (χ1v) is 7.60. The van der Waals surface area contributed by atoms with E-state index in [2.05, 4.69) is 10.6 Å². The number of fused-ring (bicyclic) bond motifs is 1. The average molecular weight is 317 g/mol. The predicted molar refractivity (Wildman–Crippen MR) is 87.9 cm³/mol. The van der Waals surface area contributed by atoms with Crippen LogP contribution < -0.4 is 15.4 Å². The lowest BCUT2D eigenvalue weighted by atomic mass is 10.1. The van der Waals surface area contributed by atoms with Crippen LogP contribution in [0, 0.1) is 0 Å². The van der Waals surface area contributed by atoms with Crippen molar-refractivity contribution in [2.45, 2.75) is 6.54 Å². The fraction of sp³-hybridized carbons (Fsp3) is 0.235. The Balaban J connectivity index is 1.59. The number of halogens is 1. The van der Waals surface area contributed by atoms with Gasteiger partial charge in [0.2, 0.25) is 0 Å². The van der Waals surface area contributed by atoms with Gasteiger partial charge in [-0.25, -0.2) is 0 Å². The van der Waals surface area contributed by atoms with Gasteiger partial charge in [0.05, 0.1) is 12.2 Å². The summed E-state index contributed by atoms with van der Waals surface area (Å²) in [5.74, 6) is 0.842. The molecule has 3 rings (SSSR count). The molecule has 0 fully saturated rings. The smallest absolute Gasteiger partial charge is 0.176 e. The fourth-order valence-electron chi connectivity index (χ4n) is 2.37. The van der Waals surface area contributed by atoms with Crippen LogP contribution in [-0.2, 0) is 6.54 Å². The molecule has 0 amide bonds. The number of ether oxygens (including phenoxy) is 1. The largest absolute Gasteiger partial charge is 0.490 e. The van der Waals surface area contributed by atoms with Crippen LogP contribution in [0.2, 0.25) is 5.02 Å². The SMILES string of the molecule is O=C(CNCc1ccccc1Cl)c1ccc2c(c1)NCCO2. The molecule has 0 unspecified atom stereocenters. The normalized spacial score (nSPS) is 13.0. The van der Waals surface area contributed by atoms with E-state index in [1.54, 1.807) is 6.07 Å². The summed E-state index contributed by atoms with van der Waals surface area (Å²) in [5.41, 5.74) is 2.53. The second-order valence-electron chi connectivity index (χ2n) is 5.10. The maximum absolute atomic E-state index is 12.2. The van der Waals surface area contributed by atoms with Crippen molar-refractivity contribution in [1.82, 2.24) is 5.32 Å². The molecule has 1 heterocycles. The summed E-state index contributed by atoms with van der Waals surface area (Å²) in [7, 11) is 0. The quantitative estimate of drug-likeness (QED) is 0.832. The van der Waals surface area contributed by atoms with Gasteiger partial charge in [0, 0.05) is 23.7 Å². The maximum atomic E-state index is 12.2. The number of ketones is 1. The summed E-state index contributed by atoms with van der Waals surface area (Å²) < 4.78 is 5.51. The second kappa shape index (κ2) is 6.81. The molecule has 2 aromatic rings. The molecule has 0 spiro atoms. The third-order valence-electron chi connectivity index (χ3n) is 3.54. The molecule has 114 valence electrons. The van der Waals surface area contributed by atoms with Crippen LogP contribution in [0.3, 0.4) is 0 Å². The van der Waals surface area contributed by atoms with Crippen LogP contribution in [0.4, 0.5) is 5.69 Å². The molecule has 1 aliphatic rings. The molecule has 0 saturated heterocycles. The molecule has 0 radical (unpaired) electrons. The van der Waals surface area contributed by atoms with Gasteiger partial charge in [-0.05, 0) is 29.8 Å². The van der Waals surface area contributed by atoms with E-state index < -0.39 is 0 Å². The lowest BCUT2D eigenvalue weighted by molar-refractivity contribution is 0.0991. The third-order valence-corrected chi connectivity index (χ3v) is 3.90. The van der Waals surface area contributed by atoms with Gasteiger partial charge in [0.1, 0.15) is 12.4 Å². The zero-order valence-corrected chi connectivity index (χ0v) is 12.8. The number of anilines is 1. The number of nitrogens with one attached hydrogen (secondary N) is 2. The Bertz CT molecular complexity index is 688. The van der Waals surface area contributed by atoms with Crippen molar-refractivity contribution in [3.63, 3.8) is 0 Å². The Hall–Kier alpha value is -2.04. The van der Waals surface area contributed by atoms with Crippen molar-refractivity contribution in [1.29, 1.82) is 0 Å². The monoisotopic (exact) mass is 316 g/mol. The van der Waals surface area contributed by atoms with Crippen LogP contribution in [0.25, 0.3) is 0 Å². The summed E-state index contributed by atoms with van der Waals surface area (Å²) in [4.78, 5) is 12.2. The fourth-order valence-corrected chi connectivity index (χ4v) is 2.57. The molecule has 4 nitrogen and oxygen atoms in total. The van der Waals surface area contributed by atoms with Gasteiger partial charge in [-0.1, -0.05) is 29.8 Å². The molecule has 22 heavy (non-hydrogen) atoms. The Morgan fingerprint density at radius 2 is 2.14 bits per heavy atom.